The molecule has 0 bridgehead atoms. The van der Waals surface area contributed by atoms with E-state index in [4.69, 9.17) is 9.47 Å². The smallest absolute Gasteiger partial charge is 0.348 e. The first kappa shape index (κ1) is 22.4. The second-order valence-corrected chi connectivity index (χ2v) is 9.74. The maximum atomic E-state index is 13.7. The number of fused-ring (bicyclic) bond motifs is 1. The SMILES string of the molecule is Cc1ccc(C)n1-c1cc(C(F)(F)F)cc2c(=O)nc(N3CCC4(CC3)OC[C@H](C)O4)sc12. The third-order valence-corrected chi connectivity index (χ3v) is 7.49. The van der Waals surface area contributed by atoms with Crippen molar-refractivity contribution in [2.24, 2.45) is 0 Å². The zero-order valence-corrected chi connectivity index (χ0v) is 19.3. The summed E-state index contributed by atoms with van der Waals surface area (Å²) in [6.45, 7) is 7.35. The molecule has 5 rings (SSSR count). The van der Waals surface area contributed by atoms with E-state index < -0.39 is 23.1 Å². The molecular formula is C23H24F3N3O3S. The van der Waals surface area contributed by atoms with E-state index in [0.29, 0.717) is 48.1 Å². The first-order valence-corrected chi connectivity index (χ1v) is 11.7. The fourth-order valence-corrected chi connectivity index (χ4v) is 5.79. The lowest BCUT2D eigenvalue weighted by molar-refractivity contribution is -0.178. The van der Waals surface area contributed by atoms with Crippen LogP contribution >= 0.6 is 11.3 Å². The van der Waals surface area contributed by atoms with Crippen molar-refractivity contribution in [2.45, 2.75) is 51.7 Å². The topological polar surface area (TPSA) is 56.6 Å². The number of alkyl halides is 3. The summed E-state index contributed by atoms with van der Waals surface area (Å²) < 4.78 is 55.0. The first-order valence-electron chi connectivity index (χ1n) is 10.8. The van der Waals surface area contributed by atoms with Gasteiger partial charge in [-0.1, -0.05) is 11.3 Å². The lowest BCUT2D eigenvalue weighted by atomic mass is 10.0. The molecule has 0 amide bonds. The quantitative estimate of drug-likeness (QED) is 0.528. The van der Waals surface area contributed by atoms with Gasteiger partial charge >= 0.3 is 6.18 Å². The van der Waals surface area contributed by atoms with Gasteiger partial charge in [0, 0.05) is 37.3 Å². The minimum absolute atomic E-state index is 0.0224. The zero-order valence-electron chi connectivity index (χ0n) is 18.5. The van der Waals surface area contributed by atoms with Crippen LogP contribution in [0.15, 0.2) is 29.1 Å². The molecule has 176 valence electrons. The van der Waals surface area contributed by atoms with E-state index in [1.807, 2.05) is 37.8 Å². The van der Waals surface area contributed by atoms with Crippen molar-refractivity contribution in [1.29, 1.82) is 0 Å². The second kappa shape index (κ2) is 7.82. The summed E-state index contributed by atoms with van der Waals surface area (Å²) in [6, 6.07) is 5.72. The van der Waals surface area contributed by atoms with Crippen LogP contribution in [0.2, 0.25) is 0 Å². The highest BCUT2D eigenvalue weighted by Gasteiger charge is 2.43. The molecule has 0 saturated carbocycles. The van der Waals surface area contributed by atoms with E-state index in [9.17, 15) is 18.0 Å². The number of piperidine rings is 1. The summed E-state index contributed by atoms with van der Waals surface area (Å²) in [4.78, 5) is 19.1. The van der Waals surface area contributed by atoms with E-state index in [-0.39, 0.29) is 11.5 Å². The number of ether oxygens (including phenoxy) is 2. The third kappa shape index (κ3) is 3.94. The summed E-state index contributed by atoms with van der Waals surface area (Å²) >= 11 is 1.25. The average Bonchev–Trinajstić information content (AvgIpc) is 3.28. The van der Waals surface area contributed by atoms with Crippen LogP contribution in [0.4, 0.5) is 18.3 Å². The van der Waals surface area contributed by atoms with Crippen LogP contribution in [0.1, 0.15) is 36.7 Å². The van der Waals surface area contributed by atoms with E-state index in [2.05, 4.69) is 4.98 Å². The molecule has 2 aromatic heterocycles. The number of halogens is 3. The molecule has 1 atom stereocenters. The Morgan fingerprint density at radius 1 is 1.15 bits per heavy atom. The summed E-state index contributed by atoms with van der Waals surface area (Å²) in [5, 5.41) is 0.475. The molecule has 33 heavy (non-hydrogen) atoms. The van der Waals surface area contributed by atoms with Gasteiger partial charge in [-0.25, -0.2) is 0 Å². The van der Waals surface area contributed by atoms with Gasteiger partial charge in [-0.15, -0.1) is 0 Å². The molecule has 1 aromatic carbocycles. The summed E-state index contributed by atoms with van der Waals surface area (Å²) in [6.07, 6.45) is -3.26. The molecular weight excluding hydrogens is 455 g/mol. The standard InChI is InChI=1S/C23H24F3N3O3S/c1-13-4-5-14(2)29(13)18-11-16(23(24,25)26)10-17-19(18)33-21(27-20(17)30)28-8-6-22(7-9-28)31-12-15(3)32-22/h4-5,10-11,15H,6-9,12H2,1-3H3/t15-/m0/s1. The molecule has 2 saturated heterocycles. The fourth-order valence-electron chi connectivity index (χ4n) is 4.66. The number of hydrogen-bond donors (Lipinski definition) is 0. The van der Waals surface area contributed by atoms with Crippen molar-refractivity contribution in [3.05, 3.63) is 51.6 Å². The van der Waals surface area contributed by atoms with Crippen LogP contribution in [0, 0.1) is 13.8 Å². The van der Waals surface area contributed by atoms with Crippen LogP contribution in [0.5, 0.6) is 0 Å². The Kier molecular flexibility index (Phi) is 5.30. The van der Waals surface area contributed by atoms with Gasteiger partial charge in [0.15, 0.2) is 10.9 Å². The molecule has 2 aliphatic heterocycles. The van der Waals surface area contributed by atoms with Crippen LogP contribution < -0.4 is 10.5 Å². The van der Waals surface area contributed by atoms with E-state index in [1.165, 1.54) is 11.3 Å². The molecule has 10 heteroatoms. The Labute approximate surface area is 192 Å². The predicted molar refractivity (Wildman–Crippen MR) is 120 cm³/mol. The lowest BCUT2D eigenvalue weighted by Crippen LogP contribution is -2.45. The monoisotopic (exact) mass is 479 g/mol. The number of hydrogen-bond acceptors (Lipinski definition) is 6. The van der Waals surface area contributed by atoms with Crippen LogP contribution in [0.25, 0.3) is 15.8 Å². The van der Waals surface area contributed by atoms with Crippen LogP contribution in [-0.4, -0.2) is 41.1 Å². The van der Waals surface area contributed by atoms with Crippen molar-refractivity contribution in [1.82, 2.24) is 9.55 Å². The number of aromatic nitrogens is 2. The molecule has 1 spiro atoms. The fraction of sp³-hybridized carbons (Fsp3) is 0.478. The van der Waals surface area contributed by atoms with Gasteiger partial charge in [0.1, 0.15) is 0 Å². The van der Waals surface area contributed by atoms with Gasteiger partial charge in [-0.3, -0.25) is 4.79 Å². The Bertz CT molecular complexity index is 1260. The summed E-state index contributed by atoms with van der Waals surface area (Å²) in [5.41, 5.74) is 0.401. The first-order chi connectivity index (χ1) is 15.6. The minimum atomic E-state index is -4.58. The molecule has 6 nitrogen and oxygen atoms in total. The summed E-state index contributed by atoms with van der Waals surface area (Å²) in [5.74, 6) is -0.593. The number of aryl methyl sites for hydroxylation is 2. The van der Waals surface area contributed by atoms with Gasteiger partial charge in [0.25, 0.3) is 5.56 Å². The van der Waals surface area contributed by atoms with Crippen LogP contribution in [0.3, 0.4) is 0 Å². The molecule has 2 aliphatic rings. The molecule has 0 unspecified atom stereocenters. The minimum Gasteiger partial charge on any atom is -0.348 e. The van der Waals surface area contributed by atoms with Gasteiger partial charge in [0.05, 0.1) is 34.0 Å². The van der Waals surface area contributed by atoms with Gasteiger partial charge < -0.3 is 18.9 Å². The Morgan fingerprint density at radius 2 is 1.82 bits per heavy atom. The predicted octanol–water partition coefficient (Wildman–Crippen LogP) is 4.81. The second-order valence-electron chi connectivity index (χ2n) is 8.76. The van der Waals surface area contributed by atoms with Crippen molar-refractivity contribution in [2.75, 3.05) is 24.6 Å². The average molecular weight is 480 g/mol. The Balaban J connectivity index is 1.61. The Hall–Kier alpha value is -2.43. The molecule has 0 radical (unpaired) electrons. The lowest BCUT2D eigenvalue weighted by Gasteiger charge is -2.38. The van der Waals surface area contributed by atoms with Crippen molar-refractivity contribution < 1.29 is 22.6 Å². The molecule has 0 aliphatic carbocycles. The van der Waals surface area contributed by atoms with Gasteiger partial charge in [-0.2, -0.15) is 18.2 Å². The van der Waals surface area contributed by atoms with Crippen molar-refractivity contribution in [3.63, 3.8) is 0 Å². The van der Waals surface area contributed by atoms with Crippen molar-refractivity contribution >= 4 is 26.6 Å². The molecule has 4 heterocycles. The summed E-state index contributed by atoms with van der Waals surface area (Å²) in [7, 11) is 0. The zero-order chi connectivity index (χ0) is 23.5. The van der Waals surface area contributed by atoms with E-state index in [1.54, 1.807) is 4.57 Å². The highest BCUT2D eigenvalue weighted by atomic mass is 32.1. The number of nitrogens with zero attached hydrogens (tertiary/aromatic N) is 3. The van der Waals surface area contributed by atoms with Gasteiger partial charge in [0.2, 0.25) is 0 Å². The molecule has 0 N–H and O–H groups in total. The van der Waals surface area contributed by atoms with Crippen molar-refractivity contribution in [3.8, 4) is 5.69 Å². The maximum Gasteiger partial charge on any atom is 0.416 e. The Morgan fingerprint density at radius 3 is 2.39 bits per heavy atom. The molecule has 2 fully saturated rings. The normalized spacial score (nSPS) is 20.8. The number of rotatable bonds is 2. The maximum absolute atomic E-state index is 13.7. The molecule has 3 aromatic rings. The van der Waals surface area contributed by atoms with E-state index >= 15 is 0 Å². The van der Waals surface area contributed by atoms with Gasteiger partial charge in [-0.05, 0) is 45.0 Å². The van der Waals surface area contributed by atoms with E-state index in [0.717, 1.165) is 23.5 Å². The third-order valence-electron chi connectivity index (χ3n) is 6.32. The van der Waals surface area contributed by atoms with Crippen LogP contribution in [-0.2, 0) is 15.7 Å². The largest absolute Gasteiger partial charge is 0.416 e. The highest BCUT2D eigenvalue weighted by Crippen LogP contribution is 2.39. The number of benzene rings is 1. The highest BCUT2D eigenvalue weighted by molar-refractivity contribution is 7.22. The number of anilines is 1.